The second-order valence-corrected chi connectivity index (χ2v) is 6.94. The van der Waals surface area contributed by atoms with Gasteiger partial charge in [-0.2, -0.15) is 4.31 Å². The highest BCUT2D eigenvalue weighted by atomic mass is 32.2. The number of fused-ring (bicyclic) bond motifs is 1. The van der Waals surface area contributed by atoms with Gasteiger partial charge in [-0.3, -0.25) is 0 Å². The molecule has 0 aromatic heterocycles. The molecular weight excluding hydrogens is 270 g/mol. The lowest BCUT2D eigenvalue weighted by Crippen LogP contribution is -2.38. The largest absolute Gasteiger partial charge is 0.243 e. The van der Waals surface area contributed by atoms with Gasteiger partial charge in [0.25, 0.3) is 0 Å². The van der Waals surface area contributed by atoms with Crippen molar-refractivity contribution >= 4 is 10.0 Å². The smallest absolute Gasteiger partial charge is 0.207 e. The van der Waals surface area contributed by atoms with E-state index in [2.05, 4.69) is 6.07 Å². The fourth-order valence-electron chi connectivity index (χ4n) is 2.81. The van der Waals surface area contributed by atoms with Gasteiger partial charge in [0.1, 0.15) is 0 Å². The van der Waals surface area contributed by atoms with Crippen molar-refractivity contribution in [2.45, 2.75) is 24.3 Å². The normalized spacial score (nSPS) is 19.6. The van der Waals surface area contributed by atoms with E-state index in [-0.39, 0.29) is 6.04 Å². The van der Waals surface area contributed by atoms with E-state index in [1.807, 2.05) is 31.2 Å². The maximum atomic E-state index is 12.7. The van der Waals surface area contributed by atoms with E-state index in [9.17, 15) is 8.42 Å². The van der Waals surface area contributed by atoms with Crippen molar-refractivity contribution in [3.05, 3.63) is 65.7 Å². The van der Waals surface area contributed by atoms with E-state index in [0.29, 0.717) is 11.4 Å². The third kappa shape index (κ3) is 2.15. The van der Waals surface area contributed by atoms with Crippen LogP contribution in [-0.2, 0) is 16.4 Å². The topological polar surface area (TPSA) is 37.4 Å². The molecule has 0 bridgehead atoms. The van der Waals surface area contributed by atoms with Crippen LogP contribution < -0.4 is 0 Å². The van der Waals surface area contributed by atoms with E-state index < -0.39 is 10.0 Å². The first-order valence-corrected chi connectivity index (χ1v) is 8.19. The number of sulfonamides is 1. The number of benzene rings is 2. The van der Waals surface area contributed by atoms with Crippen molar-refractivity contribution < 1.29 is 8.42 Å². The molecule has 2 aromatic rings. The van der Waals surface area contributed by atoms with Crippen LogP contribution >= 0.6 is 0 Å². The summed E-state index contributed by atoms with van der Waals surface area (Å²) in [4.78, 5) is 0.367. The van der Waals surface area contributed by atoms with E-state index in [4.69, 9.17) is 0 Å². The molecule has 1 atom stereocenters. The van der Waals surface area contributed by atoms with Gasteiger partial charge in [-0.15, -0.1) is 0 Å². The lowest BCUT2D eigenvalue weighted by atomic mass is 9.96. The summed E-state index contributed by atoms with van der Waals surface area (Å²) in [5.41, 5.74) is 2.36. The second-order valence-electron chi connectivity index (χ2n) is 5.05. The average molecular weight is 287 g/mol. The molecule has 20 heavy (non-hydrogen) atoms. The van der Waals surface area contributed by atoms with E-state index in [0.717, 1.165) is 12.0 Å². The Morgan fingerprint density at radius 1 is 1.00 bits per heavy atom. The van der Waals surface area contributed by atoms with Gasteiger partial charge in [0.2, 0.25) is 10.0 Å². The van der Waals surface area contributed by atoms with Gasteiger partial charge in [-0.1, -0.05) is 42.5 Å². The molecule has 0 fully saturated rings. The molecule has 104 valence electrons. The van der Waals surface area contributed by atoms with Crippen molar-refractivity contribution in [3.63, 3.8) is 0 Å². The summed E-state index contributed by atoms with van der Waals surface area (Å²) in [6, 6.07) is 16.6. The van der Waals surface area contributed by atoms with Crippen LogP contribution in [0.3, 0.4) is 0 Å². The first-order valence-electron chi connectivity index (χ1n) is 6.75. The third-order valence-electron chi connectivity index (χ3n) is 3.89. The fraction of sp³-hybridized carbons (Fsp3) is 0.250. The highest BCUT2D eigenvalue weighted by Crippen LogP contribution is 2.33. The van der Waals surface area contributed by atoms with Crippen LogP contribution in [0.15, 0.2) is 59.5 Å². The van der Waals surface area contributed by atoms with Crippen molar-refractivity contribution in [2.24, 2.45) is 0 Å². The molecule has 1 unspecified atom stereocenters. The van der Waals surface area contributed by atoms with Crippen LogP contribution in [0, 0.1) is 0 Å². The molecule has 0 spiro atoms. The van der Waals surface area contributed by atoms with Gasteiger partial charge in [-0.25, -0.2) is 8.42 Å². The summed E-state index contributed by atoms with van der Waals surface area (Å²) in [5.74, 6) is 0. The molecule has 0 saturated heterocycles. The summed E-state index contributed by atoms with van der Waals surface area (Å²) >= 11 is 0. The second kappa shape index (κ2) is 5.04. The molecular formula is C16H17NO2S. The molecule has 1 heterocycles. The lowest BCUT2D eigenvalue weighted by molar-refractivity contribution is 0.326. The number of hydrogen-bond acceptors (Lipinski definition) is 2. The molecule has 3 rings (SSSR count). The quantitative estimate of drug-likeness (QED) is 0.851. The van der Waals surface area contributed by atoms with Gasteiger partial charge in [-0.05, 0) is 36.6 Å². The van der Waals surface area contributed by atoms with Crippen molar-refractivity contribution in [1.29, 1.82) is 0 Å². The van der Waals surface area contributed by atoms with Gasteiger partial charge in [0, 0.05) is 12.6 Å². The summed E-state index contributed by atoms with van der Waals surface area (Å²) in [7, 11) is -3.42. The molecule has 3 nitrogen and oxygen atoms in total. The van der Waals surface area contributed by atoms with E-state index >= 15 is 0 Å². The number of hydrogen-bond donors (Lipinski definition) is 0. The molecule has 4 heteroatoms. The molecule has 1 aliphatic heterocycles. The summed E-state index contributed by atoms with van der Waals surface area (Å²) in [6.07, 6.45) is 0.770. The van der Waals surface area contributed by atoms with Crippen LogP contribution in [0.4, 0.5) is 0 Å². The zero-order valence-corrected chi connectivity index (χ0v) is 12.2. The van der Waals surface area contributed by atoms with Crippen LogP contribution in [-0.4, -0.2) is 19.3 Å². The highest BCUT2D eigenvalue weighted by molar-refractivity contribution is 7.89. The predicted octanol–water partition coefficient (Wildman–Crippen LogP) is 2.99. The first kappa shape index (κ1) is 13.3. The van der Waals surface area contributed by atoms with Gasteiger partial charge >= 0.3 is 0 Å². The highest BCUT2D eigenvalue weighted by Gasteiger charge is 2.33. The Morgan fingerprint density at radius 3 is 2.40 bits per heavy atom. The zero-order chi connectivity index (χ0) is 14.2. The van der Waals surface area contributed by atoms with E-state index in [1.165, 1.54) is 5.56 Å². The molecule has 2 aromatic carbocycles. The standard InChI is InChI=1S/C16H17NO2S/c1-13-16-10-6-5-7-14(16)11-12-17(13)20(18,19)15-8-3-2-4-9-15/h2-10,13H,11-12H2,1H3. The number of nitrogens with zero attached hydrogens (tertiary/aromatic N) is 1. The Labute approximate surface area is 119 Å². The van der Waals surface area contributed by atoms with Gasteiger partial charge < -0.3 is 0 Å². The molecule has 0 amide bonds. The monoisotopic (exact) mass is 287 g/mol. The SMILES string of the molecule is CC1c2ccccc2CCN1S(=O)(=O)c1ccccc1. The first-order chi connectivity index (χ1) is 9.60. The Morgan fingerprint density at radius 2 is 1.65 bits per heavy atom. The van der Waals surface area contributed by atoms with Crippen molar-refractivity contribution in [3.8, 4) is 0 Å². The maximum Gasteiger partial charge on any atom is 0.243 e. The Kier molecular flexibility index (Phi) is 3.36. The average Bonchev–Trinajstić information content (AvgIpc) is 2.48. The van der Waals surface area contributed by atoms with Crippen molar-refractivity contribution in [2.75, 3.05) is 6.54 Å². The zero-order valence-electron chi connectivity index (χ0n) is 11.4. The summed E-state index contributed by atoms with van der Waals surface area (Å²) in [6.45, 7) is 2.49. The molecule has 0 N–H and O–H groups in total. The van der Waals surface area contributed by atoms with Crippen LogP contribution in [0.5, 0.6) is 0 Å². The maximum absolute atomic E-state index is 12.7. The minimum Gasteiger partial charge on any atom is -0.207 e. The molecule has 1 aliphatic rings. The number of rotatable bonds is 2. The summed E-state index contributed by atoms with van der Waals surface area (Å²) in [5, 5.41) is 0. The van der Waals surface area contributed by atoms with Gasteiger partial charge in [0.05, 0.1) is 4.90 Å². The molecule has 0 aliphatic carbocycles. The van der Waals surface area contributed by atoms with E-state index in [1.54, 1.807) is 28.6 Å². The Hall–Kier alpha value is -1.65. The van der Waals surface area contributed by atoms with Crippen LogP contribution in [0.1, 0.15) is 24.1 Å². The summed E-state index contributed by atoms with van der Waals surface area (Å²) < 4.78 is 27.1. The van der Waals surface area contributed by atoms with Crippen molar-refractivity contribution in [1.82, 2.24) is 4.31 Å². The third-order valence-corrected chi connectivity index (χ3v) is 5.87. The lowest BCUT2D eigenvalue weighted by Gasteiger charge is -2.34. The van der Waals surface area contributed by atoms with Gasteiger partial charge in [0.15, 0.2) is 0 Å². The molecule has 0 saturated carbocycles. The predicted molar refractivity (Wildman–Crippen MR) is 78.9 cm³/mol. The molecule has 0 radical (unpaired) electrons. The Balaban J connectivity index is 2.01. The minimum atomic E-state index is -3.42. The van der Waals surface area contributed by atoms with Crippen LogP contribution in [0.25, 0.3) is 0 Å². The minimum absolute atomic E-state index is 0.120. The van der Waals surface area contributed by atoms with Crippen LogP contribution in [0.2, 0.25) is 0 Å². The Bertz CT molecular complexity index is 710. The fourth-order valence-corrected chi connectivity index (χ4v) is 4.44.